The van der Waals surface area contributed by atoms with Gasteiger partial charge in [0.25, 0.3) is 5.56 Å². The molecule has 0 fully saturated rings. The van der Waals surface area contributed by atoms with E-state index in [2.05, 4.69) is 11.9 Å². The molecular formula is C12H19N3O2. The third-order valence-corrected chi connectivity index (χ3v) is 3.21. The highest BCUT2D eigenvalue weighted by molar-refractivity contribution is 5.42. The molecule has 1 aromatic rings. The van der Waals surface area contributed by atoms with E-state index in [4.69, 9.17) is 10.5 Å². The van der Waals surface area contributed by atoms with Gasteiger partial charge >= 0.3 is 0 Å². The topological polar surface area (TPSA) is 60.5 Å². The van der Waals surface area contributed by atoms with E-state index in [1.165, 1.54) is 0 Å². The van der Waals surface area contributed by atoms with Crippen molar-refractivity contribution in [2.75, 3.05) is 33.0 Å². The number of hydrogen-bond donors (Lipinski definition) is 1. The number of pyridine rings is 1. The smallest absolute Gasteiger partial charge is 0.273 e. The summed E-state index contributed by atoms with van der Waals surface area (Å²) in [7, 11) is 3.71. The number of nitrogen functional groups attached to an aromatic ring is 1. The minimum atomic E-state index is -0.0923. The number of fused-ring (bicyclic) bond motifs is 1. The van der Waals surface area contributed by atoms with Crippen LogP contribution in [0.5, 0.6) is 0 Å². The highest BCUT2D eigenvalue weighted by Gasteiger charge is 2.18. The van der Waals surface area contributed by atoms with E-state index in [-0.39, 0.29) is 5.56 Å². The summed E-state index contributed by atoms with van der Waals surface area (Å²) in [6.45, 7) is 2.94. The van der Waals surface area contributed by atoms with Crippen molar-refractivity contribution in [3.05, 3.63) is 27.7 Å². The predicted octanol–water partition coefficient (Wildman–Crippen LogP) is 0.0648. The van der Waals surface area contributed by atoms with Gasteiger partial charge in [-0.2, -0.15) is 0 Å². The van der Waals surface area contributed by atoms with Crippen LogP contribution in [0.3, 0.4) is 0 Å². The van der Waals surface area contributed by atoms with Crippen LogP contribution in [-0.2, 0) is 24.2 Å². The number of ether oxygens (including phenoxy) is 1. The fourth-order valence-corrected chi connectivity index (χ4v) is 2.30. The van der Waals surface area contributed by atoms with Crippen LogP contribution in [0.1, 0.15) is 11.3 Å². The number of anilines is 1. The summed E-state index contributed by atoms with van der Waals surface area (Å²) in [4.78, 5) is 14.2. The molecule has 2 heterocycles. The minimum Gasteiger partial charge on any atom is -0.394 e. The highest BCUT2D eigenvalue weighted by Crippen LogP contribution is 2.18. The summed E-state index contributed by atoms with van der Waals surface area (Å²) in [6, 6.07) is 1.82. The van der Waals surface area contributed by atoms with E-state index in [9.17, 15) is 4.79 Å². The van der Waals surface area contributed by atoms with Gasteiger partial charge in [0.15, 0.2) is 0 Å². The van der Waals surface area contributed by atoms with Crippen molar-refractivity contribution >= 4 is 5.69 Å². The average Bonchev–Trinajstić information content (AvgIpc) is 2.30. The van der Waals surface area contributed by atoms with Gasteiger partial charge in [-0.3, -0.25) is 4.79 Å². The van der Waals surface area contributed by atoms with Crippen molar-refractivity contribution < 1.29 is 4.74 Å². The summed E-state index contributed by atoms with van der Waals surface area (Å²) in [5.74, 6) is 0. The van der Waals surface area contributed by atoms with E-state index in [1.807, 2.05) is 6.07 Å². The molecule has 1 aliphatic heterocycles. The lowest BCUT2D eigenvalue weighted by Crippen LogP contribution is -2.35. The van der Waals surface area contributed by atoms with E-state index in [0.717, 1.165) is 30.8 Å². The van der Waals surface area contributed by atoms with Gasteiger partial charge in [-0.05, 0) is 18.7 Å². The third-order valence-electron chi connectivity index (χ3n) is 3.21. The largest absolute Gasteiger partial charge is 0.394 e. The minimum absolute atomic E-state index is 0.0923. The Balaban J connectivity index is 2.45. The van der Waals surface area contributed by atoms with Crippen LogP contribution in [0.25, 0.3) is 0 Å². The van der Waals surface area contributed by atoms with Crippen LogP contribution in [0, 0.1) is 0 Å². The molecule has 0 amide bonds. The van der Waals surface area contributed by atoms with Gasteiger partial charge in [-0.25, -0.2) is 0 Å². The van der Waals surface area contributed by atoms with Gasteiger partial charge in [-0.1, -0.05) is 0 Å². The average molecular weight is 237 g/mol. The highest BCUT2D eigenvalue weighted by atomic mass is 16.5. The number of nitrogens with two attached hydrogens (primary N) is 1. The van der Waals surface area contributed by atoms with Crippen molar-refractivity contribution in [2.45, 2.75) is 19.5 Å². The Bertz CT molecular complexity index is 468. The monoisotopic (exact) mass is 237 g/mol. The fourth-order valence-electron chi connectivity index (χ4n) is 2.30. The molecule has 2 rings (SSSR count). The van der Waals surface area contributed by atoms with E-state index < -0.39 is 0 Å². The predicted molar refractivity (Wildman–Crippen MR) is 67.0 cm³/mol. The Kier molecular flexibility index (Phi) is 3.49. The van der Waals surface area contributed by atoms with Crippen molar-refractivity contribution in [1.82, 2.24) is 9.47 Å². The van der Waals surface area contributed by atoms with Crippen molar-refractivity contribution in [3.63, 3.8) is 0 Å². The third kappa shape index (κ3) is 2.35. The molecule has 0 spiro atoms. The first kappa shape index (κ1) is 12.1. The second-order valence-corrected chi connectivity index (χ2v) is 4.51. The number of likely N-dealkylation sites (N-methyl/N-ethyl adjacent to an activating group) is 1. The number of nitrogens with zero attached hydrogens (tertiary/aromatic N) is 2. The zero-order valence-electron chi connectivity index (χ0n) is 10.4. The standard InChI is InChI=1S/C12H19N3O2/c1-14-4-3-11-9(8-14)7-10(13)12(16)15(11)5-6-17-2/h7H,3-6,8,13H2,1-2H3. The summed E-state index contributed by atoms with van der Waals surface area (Å²) in [5.41, 5.74) is 8.28. The Labute approximate surface area is 101 Å². The van der Waals surface area contributed by atoms with E-state index in [1.54, 1.807) is 11.7 Å². The lowest BCUT2D eigenvalue weighted by atomic mass is 10.0. The molecule has 0 aromatic carbocycles. The molecule has 5 heteroatoms. The molecule has 94 valence electrons. The van der Waals surface area contributed by atoms with Crippen LogP contribution >= 0.6 is 0 Å². The van der Waals surface area contributed by atoms with Crippen molar-refractivity contribution in [2.24, 2.45) is 0 Å². The number of methoxy groups -OCH3 is 1. The molecule has 1 aliphatic rings. The van der Waals surface area contributed by atoms with Crippen LogP contribution in [-0.4, -0.2) is 36.8 Å². The lowest BCUT2D eigenvalue weighted by Gasteiger charge is -2.27. The quantitative estimate of drug-likeness (QED) is 0.808. The van der Waals surface area contributed by atoms with Crippen LogP contribution < -0.4 is 11.3 Å². The van der Waals surface area contributed by atoms with E-state index >= 15 is 0 Å². The molecule has 0 unspecified atom stereocenters. The number of hydrogen-bond acceptors (Lipinski definition) is 4. The number of aromatic nitrogens is 1. The maximum atomic E-state index is 12.0. The van der Waals surface area contributed by atoms with Crippen molar-refractivity contribution in [3.8, 4) is 0 Å². The Hall–Kier alpha value is -1.33. The maximum absolute atomic E-state index is 12.0. The lowest BCUT2D eigenvalue weighted by molar-refractivity contribution is 0.184. The van der Waals surface area contributed by atoms with E-state index in [0.29, 0.717) is 18.8 Å². The summed E-state index contributed by atoms with van der Waals surface area (Å²) < 4.78 is 6.81. The molecule has 0 bridgehead atoms. The van der Waals surface area contributed by atoms with Crippen LogP contribution in [0.2, 0.25) is 0 Å². The normalized spacial score (nSPS) is 15.9. The molecule has 0 radical (unpaired) electrons. The van der Waals surface area contributed by atoms with Crippen molar-refractivity contribution in [1.29, 1.82) is 0 Å². The second kappa shape index (κ2) is 4.89. The molecule has 0 atom stereocenters. The molecular weight excluding hydrogens is 218 g/mol. The zero-order valence-corrected chi connectivity index (χ0v) is 10.4. The maximum Gasteiger partial charge on any atom is 0.273 e. The molecule has 1 aromatic heterocycles. The first-order valence-electron chi connectivity index (χ1n) is 5.82. The summed E-state index contributed by atoms with van der Waals surface area (Å²) in [6.07, 6.45) is 0.894. The molecule has 2 N–H and O–H groups in total. The Morgan fingerprint density at radius 2 is 2.29 bits per heavy atom. The first-order valence-corrected chi connectivity index (χ1v) is 5.82. The molecule has 0 aliphatic carbocycles. The molecule has 17 heavy (non-hydrogen) atoms. The van der Waals surface area contributed by atoms with Gasteiger partial charge in [0.05, 0.1) is 12.3 Å². The number of rotatable bonds is 3. The fraction of sp³-hybridized carbons (Fsp3) is 0.583. The Morgan fingerprint density at radius 3 is 3.00 bits per heavy atom. The first-order chi connectivity index (χ1) is 8.13. The molecule has 5 nitrogen and oxygen atoms in total. The Morgan fingerprint density at radius 1 is 1.53 bits per heavy atom. The van der Waals surface area contributed by atoms with Crippen LogP contribution in [0.4, 0.5) is 5.69 Å². The van der Waals surface area contributed by atoms with Gasteiger partial charge in [0, 0.05) is 38.9 Å². The molecule has 0 saturated heterocycles. The zero-order chi connectivity index (χ0) is 12.4. The van der Waals surface area contributed by atoms with Crippen LogP contribution in [0.15, 0.2) is 10.9 Å². The SMILES string of the molecule is COCCn1c2c(cc(N)c1=O)CN(C)CC2. The summed E-state index contributed by atoms with van der Waals surface area (Å²) >= 11 is 0. The van der Waals surface area contributed by atoms with Gasteiger partial charge in [0.1, 0.15) is 0 Å². The van der Waals surface area contributed by atoms with Gasteiger partial charge < -0.3 is 19.9 Å². The van der Waals surface area contributed by atoms with Gasteiger partial charge in [-0.15, -0.1) is 0 Å². The molecule has 0 saturated carbocycles. The van der Waals surface area contributed by atoms with Gasteiger partial charge in [0.2, 0.25) is 0 Å². The second-order valence-electron chi connectivity index (χ2n) is 4.51. The summed E-state index contributed by atoms with van der Waals surface area (Å²) in [5, 5.41) is 0.